The third-order valence-electron chi connectivity index (χ3n) is 4.44. The van der Waals surface area contributed by atoms with E-state index in [4.69, 9.17) is 14.2 Å². The first-order valence-electron chi connectivity index (χ1n) is 10.1. The highest BCUT2D eigenvalue weighted by Crippen LogP contribution is 2.20. The maximum Gasteiger partial charge on any atom is 0.307 e. The van der Waals surface area contributed by atoms with Gasteiger partial charge in [-0.2, -0.15) is 0 Å². The molecule has 1 atom stereocenters. The van der Waals surface area contributed by atoms with Gasteiger partial charge in [0.05, 0.1) is 25.7 Å². The van der Waals surface area contributed by atoms with Gasteiger partial charge < -0.3 is 19.1 Å². The van der Waals surface area contributed by atoms with Crippen LogP contribution in [0.2, 0.25) is 0 Å². The first-order chi connectivity index (χ1) is 13.6. The lowest BCUT2D eigenvalue weighted by atomic mass is 10.1. The Morgan fingerprint density at radius 3 is 2.82 bits per heavy atom. The fourth-order valence-electron chi connectivity index (χ4n) is 3.01. The molecule has 0 aromatic heterocycles. The smallest absolute Gasteiger partial charge is 0.307 e. The highest BCUT2D eigenvalue weighted by atomic mass is 16.5. The van der Waals surface area contributed by atoms with E-state index in [2.05, 4.69) is 6.92 Å². The van der Waals surface area contributed by atoms with E-state index in [1.54, 1.807) is 17.9 Å². The minimum Gasteiger partial charge on any atom is -0.493 e. The normalized spacial score (nSPS) is 16.3. The summed E-state index contributed by atoms with van der Waals surface area (Å²) in [7, 11) is 0. The second kappa shape index (κ2) is 12.2. The van der Waals surface area contributed by atoms with Crippen LogP contribution in [-0.2, 0) is 19.1 Å². The van der Waals surface area contributed by atoms with Crippen molar-refractivity contribution in [2.24, 2.45) is 0 Å². The summed E-state index contributed by atoms with van der Waals surface area (Å²) < 4.78 is 16.4. The molecule has 0 aliphatic carbocycles. The van der Waals surface area contributed by atoms with Crippen molar-refractivity contribution < 1.29 is 23.8 Å². The van der Waals surface area contributed by atoms with Crippen LogP contribution in [0.4, 0.5) is 0 Å². The lowest BCUT2D eigenvalue weighted by molar-refractivity contribution is -0.144. The van der Waals surface area contributed by atoms with Crippen molar-refractivity contribution in [3.05, 3.63) is 35.9 Å². The molecular formula is C22H31NO5. The van der Waals surface area contributed by atoms with Crippen molar-refractivity contribution in [1.82, 2.24) is 4.90 Å². The Labute approximate surface area is 167 Å². The SMILES string of the molecule is CCCOc1ccccc1/C=C/C(=O)N(CCC(=O)OCC)CC1CCCO1. The molecule has 28 heavy (non-hydrogen) atoms. The van der Waals surface area contributed by atoms with Crippen LogP contribution in [0.1, 0.15) is 45.1 Å². The first kappa shape index (κ1) is 22.0. The molecule has 1 aliphatic heterocycles. The van der Waals surface area contributed by atoms with Gasteiger partial charge in [0.15, 0.2) is 0 Å². The highest BCUT2D eigenvalue weighted by Gasteiger charge is 2.22. The number of benzene rings is 1. The molecule has 6 heteroatoms. The molecule has 1 aliphatic rings. The van der Waals surface area contributed by atoms with Crippen LogP contribution in [0.15, 0.2) is 30.3 Å². The van der Waals surface area contributed by atoms with Crippen molar-refractivity contribution in [3.8, 4) is 5.75 Å². The molecule has 1 unspecified atom stereocenters. The van der Waals surface area contributed by atoms with Crippen molar-refractivity contribution in [1.29, 1.82) is 0 Å². The highest BCUT2D eigenvalue weighted by molar-refractivity contribution is 5.92. The van der Waals surface area contributed by atoms with Crippen LogP contribution in [0.3, 0.4) is 0 Å². The van der Waals surface area contributed by atoms with Gasteiger partial charge in [-0.15, -0.1) is 0 Å². The molecule has 6 nitrogen and oxygen atoms in total. The number of amides is 1. The fraction of sp³-hybridized carbons (Fsp3) is 0.545. The largest absolute Gasteiger partial charge is 0.493 e. The van der Waals surface area contributed by atoms with Crippen LogP contribution < -0.4 is 4.74 Å². The van der Waals surface area contributed by atoms with Gasteiger partial charge in [-0.25, -0.2) is 0 Å². The molecule has 1 aromatic rings. The molecule has 1 fully saturated rings. The maximum atomic E-state index is 12.8. The predicted octanol–water partition coefficient (Wildman–Crippen LogP) is 3.45. The van der Waals surface area contributed by atoms with Crippen LogP contribution in [0.5, 0.6) is 5.75 Å². The second-order valence-corrected chi connectivity index (χ2v) is 6.69. The zero-order valence-corrected chi connectivity index (χ0v) is 16.9. The number of carbonyl (C=O) groups is 2. The van der Waals surface area contributed by atoms with Crippen molar-refractivity contribution in [3.63, 3.8) is 0 Å². The number of nitrogens with zero attached hydrogens (tertiary/aromatic N) is 1. The van der Waals surface area contributed by atoms with E-state index in [1.807, 2.05) is 24.3 Å². The Morgan fingerprint density at radius 2 is 2.11 bits per heavy atom. The van der Waals surface area contributed by atoms with Crippen LogP contribution in [-0.4, -0.2) is 55.8 Å². The molecular weight excluding hydrogens is 358 g/mol. The van der Waals surface area contributed by atoms with E-state index in [0.29, 0.717) is 26.3 Å². The summed E-state index contributed by atoms with van der Waals surface area (Å²) in [5.74, 6) is 0.311. The third kappa shape index (κ3) is 7.35. The number of rotatable bonds is 11. The number of para-hydroxylation sites is 1. The molecule has 1 amide bonds. The van der Waals surface area contributed by atoms with E-state index >= 15 is 0 Å². The summed E-state index contributed by atoms with van der Waals surface area (Å²) in [4.78, 5) is 26.2. The van der Waals surface area contributed by atoms with Gasteiger partial charge in [0, 0.05) is 31.3 Å². The van der Waals surface area contributed by atoms with Crippen molar-refractivity contribution >= 4 is 18.0 Å². The van der Waals surface area contributed by atoms with E-state index in [-0.39, 0.29) is 24.4 Å². The Balaban J connectivity index is 2.03. The summed E-state index contributed by atoms with van der Waals surface area (Å²) in [6, 6.07) is 7.63. The van der Waals surface area contributed by atoms with Crippen LogP contribution in [0, 0.1) is 0 Å². The minimum absolute atomic E-state index is 0.0275. The van der Waals surface area contributed by atoms with E-state index in [0.717, 1.165) is 37.2 Å². The van der Waals surface area contributed by atoms with Crippen molar-refractivity contribution in [2.45, 2.75) is 45.6 Å². The van der Waals surface area contributed by atoms with Crippen LogP contribution >= 0.6 is 0 Å². The quantitative estimate of drug-likeness (QED) is 0.428. The maximum absolute atomic E-state index is 12.8. The van der Waals surface area contributed by atoms with Gasteiger partial charge in [-0.3, -0.25) is 9.59 Å². The summed E-state index contributed by atoms with van der Waals surface area (Å²) in [6.07, 6.45) is 6.35. The monoisotopic (exact) mass is 389 g/mol. The Morgan fingerprint density at radius 1 is 1.29 bits per heavy atom. The standard InChI is InChI=1S/C22H31NO5/c1-3-15-28-20-10-6-5-8-18(20)11-12-21(24)23(14-13-22(25)26-4-2)17-19-9-7-16-27-19/h5-6,8,10-12,19H,3-4,7,9,13-17H2,1-2H3/b12-11+. The molecule has 1 heterocycles. The summed E-state index contributed by atoms with van der Waals surface area (Å²) in [5.41, 5.74) is 0.853. The zero-order chi connectivity index (χ0) is 20.2. The van der Waals surface area contributed by atoms with Gasteiger partial charge >= 0.3 is 5.97 Å². The van der Waals surface area contributed by atoms with E-state index < -0.39 is 0 Å². The average molecular weight is 389 g/mol. The second-order valence-electron chi connectivity index (χ2n) is 6.69. The van der Waals surface area contributed by atoms with E-state index in [1.165, 1.54) is 6.08 Å². The topological polar surface area (TPSA) is 65.1 Å². The predicted molar refractivity (Wildman–Crippen MR) is 108 cm³/mol. The van der Waals surface area contributed by atoms with E-state index in [9.17, 15) is 9.59 Å². The molecule has 1 aromatic carbocycles. The minimum atomic E-state index is -0.296. The zero-order valence-electron chi connectivity index (χ0n) is 16.9. The lowest BCUT2D eigenvalue weighted by Gasteiger charge is -2.24. The van der Waals surface area contributed by atoms with Gasteiger partial charge in [0.25, 0.3) is 0 Å². The van der Waals surface area contributed by atoms with Gasteiger partial charge in [0.1, 0.15) is 5.75 Å². The first-order valence-corrected chi connectivity index (χ1v) is 10.1. The lowest BCUT2D eigenvalue weighted by Crippen LogP contribution is -2.38. The average Bonchev–Trinajstić information content (AvgIpc) is 3.21. The molecule has 0 radical (unpaired) electrons. The fourth-order valence-corrected chi connectivity index (χ4v) is 3.01. The molecule has 154 valence electrons. The molecule has 0 spiro atoms. The van der Waals surface area contributed by atoms with Gasteiger partial charge in [0.2, 0.25) is 5.91 Å². The number of carbonyl (C=O) groups excluding carboxylic acids is 2. The van der Waals surface area contributed by atoms with Crippen LogP contribution in [0.25, 0.3) is 6.08 Å². The van der Waals surface area contributed by atoms with Gasteiger partial charge in [-0.1, -0.05) is 25.1 Å². The third-order valence-corrected chi connectivity index (χ3v) is 4.44. The Hall–Kier alpha value is -2.34. The molecule has 0 N–H and O–H groups in total. The summed E-state index contributed by atoms with van der Waals surface area (Å²) >= 11 is 0. The number of hydrogen-bond donors (Lipinski definition) is 0. The number of esters is 1. The summed E-state index contributed by atoms with van der Waals surface area (Å²) in [6.45, 7) is 6.31. The Kier molecular flexibility index (Phi) is 9.55. The summed E-state index contributed by atoms with van der Waals surface area (Å²) in [5, 5.41) is 0. The molecule has 0 saturated carbocycles. The molecule has 0 bridgehead atoms. The van der Waals surface area contributed by atoms with Crippen molar-refractivity contribution in [2.75, 3.05) is 32.9 Å². The molecule has 2 rings (SSSR count). The Bertz CT molecular complexity index is 652. The van der Waals surface area contributed by atoms with Gasteiger partial charge in [-0.05, 0) is 38.3 Å². The number of ether oxygens (including phenoxy) is 3. The molecule has 1 saturated heterocycles. The number of hydrogen-bond acceptors (Lipinski definition) is 5.